The van der Waals surface area contributed by atoms with Crippen molar-refractivity contribution >= 4 is 11.0 Å². The van der Waals surface area contributed by atoms with E-state index in [-0.39, 0.29) is 16.6 Å². The molecular weight excluding hydrogens is 601 g/mol. The predicted molar refractivity (Wildman–Crippen MR) is 202 cm³/mol. The van der Waals surface area contributed by atoms with Gasteiger partial charge < -0.3 is 5.11 Å². The van der Waals surface area contributed by atoms with Gasteiger partial charge in [0.2, 0.25) is 0 Å². The number of fused-ring (bicyclic) bond motifs is 1. The van der Waals surface area contributed by atoms with Crippen molar-refractivity contribution < 1.29 is 5.11 Å². The van der Waals surface area contributed by atoms with Gasteiger partial charge in [0, 0.05) is 28.7 Å². The lowest BCUT2D eigenvalue weighted by Crippen LogP contribution is -2.16. The molecule has 1 N–H and O–H groups in total. The summed E-state index contributed by atoms with van der Waals surface area (Å²) in [6, 6.07) is 38.2. The van der Waals surface area contributed by atoms with Crippen LogP contribution >= 0.6 is 0 Å². The fourth-order valence-corrected chi connectivity index (χ4v) is 6.37. The smallest absolute Gasteiger partial charge is 0.149 e. The molecule has 0 unspecified atom stereocenters. The summed E-state index contributed by atoms with van der Waals surface area (Å²) in [5, 5.41) is 11.0. The van der Waals surface area contributed by atoms with Gasteiger partial charge in [-0.25, -0.2) is 4.98 Å². The van der Waals surface area contributed by atoms with Gasteiger partial charge in [-0.15, -0.1) is 0 Å². The van der Waals surface area contributed by atoms with Crippen LogP contribution in [0.2, 0.25) is 0 Å². The number of aromatic hydroxyl groups is 1. The summed E-state index contributed by atoms with van der Waals surface area (Å²) in [7, 11) is 0. The standard InChI is InChI=1S/C44H42N4O/c1-28-20-37(40(49)27-46-28)42-47-41-36(16-13-18-39(41)48(42)35-14-9-8-10-15-35)31-21-29(22-32(23-31)38-17-11-12-19-45-38)30-24-33(43(2,3)4)26-34(25-30)44(5,6)7/h8-27,49H,1-7H3. The average Bonchev–Trinajstić information content (AvgIpc) is 3.48. The molecule has 0 radical (unpaired) electrons. The van der Waals surface area contributed by atoms with Crippen molar-refractivity contribution in [2.24, 2.45) is 0 Å². The summed E-state index contributed by atoms with van der Waals surface area (Å²) in [4.78, 5) is 14.4. The third-order valence-electron chi connectivity index (χ3n) is 9.16. The summed E-state index contributed by atoms with van der Waals surface area (Å²) in [6.07, 6.45) is 3.34. The van der Waals surface area contributed by atoms with Gasteiger partial charge in [0.1, 0.15) is 11.6 Å². The van der Waals surface area contributed by atoms with Crippen LogP contribution < -0.4 is 0 Å². The van der Waals surface area contributed by atoms with Crippen LogP contribution in [0.4, 0.5) is 0 Å². The monoisotopic (exact) mass is 642 g/mol. The van der Waals surface area contributed by atoms with Crippen molar-refractivity contribution in [2.45, 2.75) is 59.3 Å². The van der Waals surface area contributed by atoms with Crippen molar-refractivity contribution in [1.29, 1.82) is 0 Å². The normalized spacial score (nSPS) is 12.1. The largest absolute Gasteiger partial charge is 0.506 e. The lowest BCUT2D eigenvalue weighted by Gasteiger charge is -2.26. The lowest BCUT2D eigenvalue weighted by atomic mass is 9.78. The Hall–Kier alpha value is -5.55. The second-order valence-corrected chi connectivity index (χ2v) is 14.9. The van der Waals surface area contributed by atoms with Crippen LogP contribution in [0, 0.1) is 6.92 Å². The quantitative estimate of drug-likeness (QED) is 0.203. The van der Waals surface area contributed by atoms with Crippen molar-refractivity contribution in [1.82, 2.24) is 19.5 Å². The van der Waals surface area contributed by atoms with E-state index in [1.54, 1.807) is 0 Å². The highest BCUT2D eigenvalue weighted by atomic mass is 16.3. The van der Waals surface area contributed by atoms with Crippen LogP contribution in [0.3, 0.4) is 0 Å². The Bertz CT molecular complexity index is 2270. The molecule has 0 saturated carbocycles. The van der Waals surface area contributed by atoms with E-state index < -0.39 is 0 Å². The molecule has 49 heavy (non-hydrogen) atoms. The summed E-state index contributed by atoms with van der Waals surface area (Å²) in [6.45, 7) is 15.6. The van der Waals surface area contributed by atoms with E-state index in [1.807, 2.05) is 49.5 Å². The first kappa shape index (κ1) is 32.0. The summed E-state index contributed by atoms with van der Waals surface area (Å²) in [5.41, 5.74) is 13.1. The maximum absolute atomic E-state index is 11.0. The second kappa shape index (κ2) is 12.2. The van der Waals surface area contributed by atoms with Crippen LogP contribution in [0.15, 0.2) is 122 Å². The lowest BCUT2D eigenvalue weighted by molar-refractivity contribution is 0.474. The molecule has 0 amide bonds. The summed E-state index contributed by atoms with van der Waals surface area (Å²) < 4.78 is 2.12. The van der Waals surface area contributed by atoms with Gasteiger partial charge in [0.05, 0.1) is 28.5 Å². The maximum atomic E-state index is 11.0. The van der Waals surface area contributed by atoms with Crippen LogP contribution in [-0.4, -0.2) is 24.6 Å². The van der Waals surface area contributed by atoms with Crippen molar-refractivity contribution in [2.75, 3.05) is 0 Å². The van der Waals surface area contributed by atoms with Gasteiger partial charge in [-0.1, -0.05) is 96.1 Å². The minimum absolute atomic E-state index is 0.0133. The number of hydrogen-bond acceptors (Lipinski definition) is 4. The molecule has 0 aliphatic heterocycles. The topological polar surface area (TPSA) is 63.8 Å². The molecule has 5 nitrogen and oxygen atoms in total. The number of aromatic nitrogens is 4. The first-order chi connectivity index (χ1) is 23.4. The number of pyridine rings is 2. The first-order valence-corrected chi connectivity index (χ1v) is 16.8. The van der Waals surface area contributed by atoms with Crippen LogP contribution in [-0.2, 0) is 10.8 Å². The van der Waals surface area contributed by atoms with Crippen molar-refractivity contribution in [3.8, 4) is 56.3 Å². The van der Waals surface area contributed by atoms with E-state index in [0.717, 1.165) is 50.4 Å². The maximum Gasteiger partial charge on any atom is 0.149 e. The number of imidazole rings is 1. The number of para-hydroxylation sites is 2. The van der Waals surface area contributed by atoms with E-state index in [0.29, 0.717) is 11.4 Å². The van der Waals surface area contributed by atoms with E-state index in [2.05, 4.69) is 124 Å². The molecule has 7 aromatic rings. The molecule has 0 aliphatic carbocycles. The molecule has 5 heteroatoms. The molecule has 0 saturated heterocycles. The molecule has 0 bridgehead atoms. The van der Waals surface area contributed by atoms with Gasteiger partial charge in [-0.05, 0) is 100 Å². The molecule has 3 heterocycles. The molecule has 3 aromatic heterocycles. The molecule has 0 atom stereocenters. The zero-order chi connectivity index (χ0) is 34.5. The molecule has 0 spiro atoms. The van der Waals surface area contributed by atoms with Gasteiger partial charge in [0.15, 0.2) is 0 Å². The second-order valence-electron chi connectivity index (χ2n) is 14.9. The van der Waals surface area contributed by atoms with Crippen LogP contribution in [0.5, 0.6) is 5.75 Å². The summed E-state index contributed by atoms with van der Waals surface area (Å²) in [5.74, 6) is 0.748. The molecular formula is C44H42N4O. The highest BCUT2D eigenvalue weighted by Gasteiger charge is 2.23. The highest BCUT2D eigenvalue weighted by molar-refractivity contribution is 5.97. The average molecular weight is 643 g/mol. The molecule has 4 aromatic carbocycles. The van der Waals surface area contributed by atoms with Crippen molar-refractivity contribution in [3.63, 3.8) is 0 Å². The Morgan fingerprint density at radius 2 is 1.24 bits per heavy atom. The number of nitrogens with zero attached hydrogens (tertiary/aromatic N) is 4. The number of hydrogen-bond donors (Lipinski definition) is 1. The Morgan fingerprint density at radius 3 is 1.92 bits per heavy atom. The van der Waals surface area contributed by atoms with Gasteiger partial charge in [-0.3, -0.25) is 14.5 Å². The van der Waals surface area contributed by atoms with Gasteiger partial charge in [-0.2, -0.15) is 0 Å². The fourth-order valence-electron chi connectivity index (χ4n) is 6.37. The Labute approximate surface area is 289 Å². The highest BCUT2D eigenvalue weighted by Crippen LogP contribution is 2.41. The Kier molecular flexibility index (Phi) is 7.95. The van der Waals surface area contributed by atoms with Gasteiger partial charge >= 0.3 is 0 Å². The number of rotatable bonds is 5. The van der Waals surface area contributed by atoms with E-state index in [9.17, 15) is 5.11 Å². The zero-order valence-electron chi connectivity index (χ0n) is 29.3. The van der Waals surface area contributed by atoms with Crippen molar-refractivity contribution in [3.05, 3.63) is 138 Å². The van der Waals surface area contributed by atoms with Crippen LogP contribution in [0.1, 0.15) is 58.4 Å². The van der Waals surface area contributed by atoms with E-state index in [4.69, 9.17) is 9.97 Å². The third kappa shape index (κ3) is 6.25. The predicted octanol–water partition coefficient (Wildman–Crippen LogP) is 11.1. The minimum Gasteiger partial charge on any atom is -0.506 e. The van der Waals surface area contributed by atoms with E-state index >= 15 is 0 Å². The number of benzene rings is 4. The minimum atomic E-state index is -0.0133. The molecule has 0 fully saturated rings. The van der Waals surface area contributed by atoms with E-state index in [1.165, 1.54) is 22.9 Å². The Morgan fingerprint density at radius 1 is 0.592 bits per heavy atom. The molecule has 7 rings (SSSR count). The Balaban J connectivity index is 1.52. The first-order valence-electron chi connectivity index (χ1n) is 16.8. The molecule has 244 valence electrons. The zero-order valence-corrected chi connectivity index (χ0v) is 29.3. The summed E-state index contributed by atoms with van der Waals surface area (Å²) >= 11 is 0. The van der Waals surface area contributed by atoms with Crippen LogP contribution in [0.25, 0.3) is 61.6 Å². The SMILES string of the molecule is Cc1cc(-c2nc3c(-c4cc(-c5cc(C(C)(C)C)cc(C(C)(C)C)c5)cc(-c5ccccn5)c4)cccc3n2-c2ccccc2)c(O)cn1. The number of aryl methyl sites for hydroxylation is 1. The third-order valence-corrected chi connectivity index (χ3v) is 9.16. The molecule has 0 aliphatic rings. The van der Waals surface area contributed by atoms with Gasteiger partial charge in [0.25, 0.3) is 0 Å². The fraction of sp³-hybridized carbons (Fsp3) is 0.205.